The van der Waals surface area contributed by atoms with E-state index >= 15 is 0 Å². The normalized spacial score (nSPS) is 38.8. The van der Waals surface area contributed by atoms with Crippen molar-refractivity contribution in [2.24, 2.45) is 23.2 Å². The predicted molar refractivity (Wildman–Crippen MR) is 124 cm³/mol. The van der Waals surface area contributed by atoms with E-state index in [-0.39, 0.29) is 0 Å². The average Bonchev–Trinajstić information content (AvgIpc) is 3.00. The Kier molecular flexibility index (Phi) is 7.37. The molecule has 3 nitrogen and oxygen atoms in total. The lowest BCUT2D eigenvalue weighted by Gasteiger charge is -2.44. The van der Waals surface area contributed by atoms with Gasteiger partial charge in [-0.25, -0.2) is 0 Å². The predicted octanol–water partition coefficient (Wildman–Crippen LogP) is 5.70. The van der Waals surface area contributed by atoms with E-state index < -0.39 is 17.8 Å². The van der Waals surface area contributed by atoms with E-state index in [4.69, 9.17) is 0 Å². The lowest BCUT2D eigenvalue weighted by molar-refractivity contribution is 0.0596. The third kappa shape index (κ3) is 5.29. The Balaban J connectivity index is 1.70. The summed E-state index contributed by atoms with van der Waals surface area (Å²) in [5.41, 5.74) is 3.17. The van der Waals surface area contributed by atoms with Crippen LogP contribution in [0, 0.1) is 23.2 Å². The van der Waals surface area contributed by atoms with Crippen molar-refractivity contribution >= 4 is 0 Å². The van der Waals surface area contributed by atoms with Gasteiger partial charge in [0.15, 0.2) is 0 Å². The highest BCUT2D eigenvalue weighted by Crippen LogP contribution is 2.60. The summed E-state index contributed by atoms with van der Waals surface area (Å²) in [7, 11) is 0. The molecule has 0 aliphatic heterocycles. The second-order valence-corrected chi connectivity index (χ2v) is 11.3. The molecule has 0 bridgehead atoms. The standard InChI is InChI=1S/C27H44O3/c1-18(8-6-14-26(3,4)30)23-12-13-24-20(9-7-15-27(23,24)5)10-11-21-16-22(28)17-25(29)19(21)2/h10-11,18,22-25,28-30H,2,6-9,12-17H2,1,3-5H3/b20-10?,21-11+/t18-,22-,23-,24+,25+,27-/m1/s1. The molecule has 6 atom stereocenters. The largest absolute Gasteiger partial charge is 0.393 e. The first kappa shape index (κ1) is 23.8. The highest BCUT2D eigenvalue weighted by molar-refractivity contribution is 5.38. The van der Waals surface area contributed by atoms with E-state index in [1.807, 2.05) is 13.8 Å². The molecule has 3 aliphatic carbocycles. The Hall–Kier alpha value is -0.900. The molecule has 0 aromatic rings. The van der Waals surface area contributed by atoms with Crippen LogP contribution in [0.2, 0.25) is 0 Å². The number of aliphatic hydroxyl groups is 3. The van der Waals surface area contributed by atoms with Crippen molar-refractivity contribution < 1.29 is 15.3 Å². The third-order valence-electron chi connectivity index (χ3n) is 8.44. The topological polar surface area (TPSA) is 60.7 Å². The molecule has 3 heteroatoms. The van der Waals surface area contributed by atoms with Crippen molar-refractivity contribution in [2.75, 3.05) is 0 Å². The fourth-order valence-electron chi connectivity index (χ4n) is 6.74. The molecule has 0 saturated heterocycles. The zero-order valence-corrected chi connectivity index (χ0v) is 19.7. The molecule has 170 valence electrons. The number of aliphatic hydroxyl groups excluding tert-OH is 2. The van der Waals surface area contributed by atoms with Crippen molar-refractivity contribution in [1.29, 1.82) is 0 Å². The van der Waals surface area contributed by atoms with Crippen molar-refractivity contribution in [3.05, 3.63) is 35.5 Å². The van der Waals surface area contributed by atoms with Crippen molar-refractivity contribution in [2.45, 2.75) is 110 Å². The molecule has 0 radical (unpaired) electrons. The van der Waals surface area contributed by atoms with E-state index in [1.165, 1.54) is 38.5 Å². The van der Waals surface area contributed by atoms with Gasteiger partial charge in [0.2, 0.25) is 0 Å². The van der Waals surface area contributed by atoms with Crippen LogP contribution in [0.3, 0.4) is 0 Å². The fraction of sp³-hybridized carbons (Fsp3) is 0.778. The number of fused-ring (bicyclic) bond motifs is 1. The molecule has 0 aromatic heterocycles. The Morgan fingerprint density at radius 2 is 1.97 bits per heavy atom. The molecule has 0 heterocycles. The van der Waals surface area contributed by atoms with Gasteiger partial charge < -0.3 is 15.3 Å². The van der Waals surface area contributed by atoms with Crippen LogP contribution in [-0.4, -0.2) is 33.1 Å². The smallest absolute Gasteiger partial charge is 0.0811 e. The van der Waals surface area contributed by atoms with Gasteiger partial charge in [0.25, 0.3) is 0 Å². The molecule has 3 rings (SSSR count). The van der Waals surface area contributed by atoms with E-state index in [1.54, 1.807) is 5.57 Å². The van der Waals surface area contributed by atoms with Gasteiger partial charge in [-0.2, -0.15) is 0 Å². The van der Waals surface area contributed by atoms with Gasteiger partial charge in [-0.3, -0.25) is 0 Å². The molecule has 30 heavy (non-hydrogen) atoms. The molecular formula is C27H44O3. The highest BCUT2D eigenvalue weighted by Gasteiger charge is 2.50. The van der Waals surface area contributed by atoms with Crippen LogP contribution < -0.4 is 0 Å². The minimum absolute atomic E-state index is 0.374. The van der Waals surface area contributed by atoms with Crippen LogP contribution in [0.15, 0.2) is 35.5 Å². The maximum Gasteiger partial charge on any atom is 0.0811 e. The average molecular weight is 417 g/mol. The fourth-order valence-corrected chi connectivity index (χ4v) is 6.74. The molecular weight excluding hydrogens is 372 g/mol. The first-order valence-electron chi connectivity index (χ1n) is 12.2. The van der Waals surface area contributed by atoms with Crippen LogP contribution >= 0.6 is 0 Å². The summed E-state index contributed by atoms with van der Waals surface area (Å²) < 4.78 is 0. The summed E-state index contributed by atoms with van der Waals surface area (Å²) in [5.74, 6) is 2.11. The van der Waals surface area contributed by atoms with Gasteiger partial charge >= 0.3 is 0 Å². The molecule has 0 amide bonds. The number of rotatable bonds is 6. The second-order valence-electron chi connectivity index (χ2n) is 11.3. The highest BCUT2D eigenvalue weighted by atomic mass is 16.3. The van der Waals surface area contributed by atoms with Crippen LogP contribution in [0.25, 0.3) is 0 Å². The minimum Gasteiger partial charge on any atom is -0.393 e. The Labute approximate surface area is 184 Å². The van der Waals surface area contributed by atoms with E-state index in [0.29, 0.717) is 30.1 Å². The monoisotopic (exact) mass is 416 g/mol. The van der Waals surface area contributed by atoms with E-state index in [2.05, 4.69) is 32.6 Å². The first-order valence-corrected chi connectivity index (χ1v) is 12.2. The van der Waals surface area contributed by atoms with Crippen LogP contribution in [0.4, 0.5) is 0 Å². The molecule has 3 fully saturated rings. The molecule has 0 unspecified atom stereocenters. The summed E-state index contributed by atoms with van der Waals surface area (Å²) in [6.45, 7) is 12.8. The van der Waals surface area contributed by atoms with Crippen molar-refractivity contribution in [3.63, 3.8) is 0 Å². The number of allylic oxidation sites excluding steroid dienone is 3. The second kappa shape index (κ2) is 9.30. The van der Waals surface area contributed by atoms with E-state index in [0.717, 1.165) is 29.9 Å². The molecule has 3 saturated carbocycles. The maximum absolute atomic E-state index is 10.1. The van der Waals surface area contributed by atoms with E-state index in [9.17, 15) is 15.3 Å². The summed E-state index contributed by atoms with van der Waals surface area (Å²) >= 11 is 0. The van der Waals surface area contributed by atoms with Crippen LogP contribution in [0.1, 0.15) is 91.9 Å². The van der Waals surface area contributed by atoms with Crippen molar-refractivity contribution in [3.8, 4) is 0 Å². The molecule has 0 aromatic carbocycles. The van der Waals surface area contributed by atoms with Gasteiger partial charge in [-0.05, 0) is 93.1 Å². The van der Waals surface area contributed by atoms with Gasteiger partial charge in [-0.1, -0.05) is 51.0 Å². The zero-order valence-electron chi connectivity index (χ0n) is 19.7. The van der Waals surface area contributed by atoms with Gasteiger partial charge in [0.1, 0.15) is 0 Å². The Bertz CT molecular complexity index is 683. The van der Waals surface area contributed by atoms with Gasteiger partial charge in [0.05, 0.1) is 17.8 Å². The maximum atomic E-state index is 10.1. The lowest BCUT2D eigenvalue weighted by atomic mass is 9.60. The number of hydrogen-bond donors (Lipinski definition) is 3. The summed E-state index contributed by atoms with van der Waals surface area (Å²) in [6.07, 6.45) is 13.9. The summed E-state index contributed by atoms with van der Waals surface area (Å²) in [6, 6.07) is 0. The lowest BCUT2D eigenvalue weighted by Crippen LogP contribution is -2.36. The minimum atomic E-state index is -0.615. The SMILES string of the molecule is C=C1/C(=C/C=C2CCC[C@]3(C)[C@@H]([C@H](C)CCCC(C)(C)O)CC[C@@H]23)C[C@@H](O)C[C@@H]1O. The summed E-state index contributed by atoms with van der Waals surface area (Å²) in [5, 5.41) is 30.2. The Morgan fingerprint density at radius 1 is 1.23 bits per heavy atom. The van der Waals surface area contributed by atoms with Crippen LogP contribution in [0.5, 0.6) is 0 Å². The van der Waals surface area contributed by atoms with Gasteiger partial charge in [0, 0.05) is 6.42 Å². The van der Waals surface area contributed by atoms with Gasteiger partial charge in [-0.15, -0.1) is 0 Å². The molecule has 3 aliphatic rings. The molecule has 3 N–H and O–H groups in total. The van der Waals surface area contributed by atoms with Crippen LogP contribution in [-0.2, 0) is 0 Å². The molecule has 0 spiro atoms. The Morgan fingerprint density at radius 3 is 2.67 bits per heavy atom. The summed E-state index contributed by atoms with van der Waals surface area (Å²) in [4.78, 5) is 0. The quantitative estimate of drug-likeness (QED) is 0.520. The zero-order chi connectivity index (χ0) is 22.1. The number of hydrogen-bond acceptors (Lipinski definition) is 3. The third-order valence-corrected chi connectivity index (χ3v) is 8.44. The van der Waals surface area contributed by atoms with Crippen molar-refractivity contribution in [1.82, 2.24) is 0 Å². The first-order chi connectivity index (χ1) is 14.0.